The third-order valence-electron chi connectivity index (χ3n) is 3.89. The van der Waals surface area contributed by atoms with Gasteiger partial charge >= 0.3 is 5.97 Å². The normalized spacial score (nSPS) is 16.2. The minimum Gasteiger partial charge on any atom is -0.465 e. The monoisotopic (exact) mass is 321 g/mol. The van der Waals surface area contributed by atoms with Gasteiger partial charge in [-0.05, 0) is 43.9 Å². The van der Waals surface area contributed by atoms with Crippen LogP contribution in [-0.2, 0) is 15.3 Å². The number of methoxy groups -OCH3 is 1. The molecule has 5 heteroatoms. The molecule has 0 spiro atoms. The molecule has 1 unspecified atom stereocenters. The van der Waals surface area contributed by atoms with Crippen LogP contribution in [-0.4, -0.2) is 42.2 Å². The Morgan fingerprint density at radius 3 is 2.41 bits per heavy atom. The number of nitrogens with zero attached hydrogens (tertiary/aromatic N) is 1. The lowest BCUT2D eigenvalue weighted by Gasteiger charge is -2.29. The minimum atomic E-state index is -0.326. The molecule has 1 fully saturated rings. The van der Waals surface area contributed by atoms with Gasteiger partial charge in [-0.25, -0.2) is 4.79 Å². The first-order chi connectivity index (χ1) is 10.6. The van der Waals surface area contributed by atoms with Crippen LogP contribution in [0.4, 0.5) is 0 Å². The number of ether oxygens (including phenoxy) is 1. The number of rotatable bonds is 5. The van der Waals surface area contributed by atoms with Gasteiger partial charge in [-0.1, -0.05) is 12.1 Å². The van der Waals surface area contributed by atoms with Crippen molar-refractivity contribution in [3.8, 4) is 0 Å². The van der Waals surface area contributed by atoms with Crippen molar-refractivity contribution >= 4 is 23.6 Å². The standard InChI is InChI=1S/C17H23NO3S/c1-13(16(19)18-10-4-3-5-11-18)22-12-14-6-8-15(9-7-14)17(20)21-2/h6-9,13H,3-5,10-12H2,1-2H3. The molecule has 120 valence electrons. The summed E-state index contributed by atoms with van der Waals surface area (Å²) in [6, 6.07) is 7.35. The molecule has 1 aliphatic heterocycles. The molecule has 1 saturated heterocycles. The average molecular weight is 321 g/mol. The van der Waals surface area contributed by atoms with Crippen molar-refractivity contribution < 1.29 is 14.3 Å². The number of hydrogen-bond donors (Lipinski definition) is 0. The molecule has 0 bridgehead atoms. The first-order valence-corrected chi connectivity index (χ1v) is 8.74. The van der Waals surface area contributed by atoms with E-state index in [9.17, 15) is 9.59 Å². The lowest BCUT2D eigenvalue weighted by Crippen LogP contribution is -2.40. The Balaban J connectivity index is 1.83. The lowest BCUT2D eigenvalue weighted by molar-refractivity contribution is -0.131. The first kappa shape index (κ1) is 16.9. The molecule has 1 atom stereocenters. The molecule has 0 N–H and O–H groups in total. The van der Waals surface area contributed by atoms with Gasteiger partial charge in [-0.3, -0.25) is 4.79 Å². The predicted molar refractivity (Wildman–Crippen MR) is 89.0 cm³/mol. The lowest BCUT2D eigenvalue weighted by atomic mass is 10.1. The smallest absolute Gasteiger partial charge is 0.337 e. The zero-order valence-electron chi connectivity index (χ0n) is 13.2. The van der Waals surface area contributed by atoms with Gasteiger partial charge in [0.2, 0.25) is 5.91 Å². The zero-order valence-corrected chi connectivity index (χ0v) is 14.0. The summed E-state index contributed by atoms with van der Waals surface area (Å²) in [5.74, 6) is 0.686. The Labute approximate surface area is 136 Å². The molecule has 22 heavy (non-hydrogen) atoms. The molecule has 0 aliphatic carbocycles. The number of thioether (sulfide) groups is 1. The summed E-state index contributed by atoms with van der Waals surface area (Å²) in [4.78, 5) is 25.7. The van der Waals surface area contributed by atoms with E-state index in [1.165, 1.54) is 13.5 Å². The van der Waals surface area contributed by atoms with E-state index in [1.54, 1.807) is 23.9 Å². The highest BCUT2D eigenvalue weighted by Crippen LogP contribution is 2.21. The third kappa shape index (κ3) is 4.50. The maximum atomic E-state index is 12.3. The van der Waals surface area contributed by atoms with Crippen LogP contribution in [0.25, 0.3) is 0 Å². The van der Waals surface area contributed by atoms with E-state index in [1.807, 2.05) is 24.0 Å². The van der Waals surface area contributed by atoms with Gasteiger partial charge in [0.25, 0.3) is 0 Å². The van der Waals surface area contributed by atoms with Crippen molar-refractivity contribution in [2.24, 2.45) is 0 Å². The summed E-state index contributed by atoms with van der Waals surface area (Å²) in [6.07, 6.45) is 3.48. The predicted octanol–water partition coefficient (Wildman–Crippen LogP) is 3.11. The fourth-order valence-corrected chi connectivity index (χ4v) is 3.45. The maximum absolute atomic E-state index is 12.3. The fourth-order valence-electron chi connectivity index (χ4n) is 2.52. The second-order valence-electron chi connectivity index (χ2n) is 5.53. The third-order valence-corrected chi connectivity index (χ3v) is 5.09. The van der Waals surface area contributed by atoms with Crippen LogP contribution >= 0.6 is 11.8 Å². The number of likely N-dealkylation sites (tertiary alicyclic amines) is 1. The fraction of sp³-hybridized carbons (Fsp3) is 0.529. The second-order valence-corrected chi connectivity index (χ2v) is 6.86. The number of piperidine rings is 1. The van der Waals surface area contributed by atoms with Gasteiger partial charge in [-0.2, -0.15) is 0 Å². The van der Waals surface area contributed by atoms with E-state index in [0.717, 1.165) is 37.2 Å². The van der Waals surface area contributed by atoms with Gasteiger partial charge in [0.15, 0.2) is 0 Å². The van der Waals surface area contributed by atoms with E-state index < -0.39 is 0 Å². The van der Waals surface area contributed by atoms with Crippen molar-refractivity contribution in [1.82, 2.24) is 4.90 Å². The molecular formula is C17H23NO3S. The van der Waals surface area contributed by atoms with Crippen molar-refractivity contribution in [1.29, 1.82) is 0 Å². The molecule has 0 aromatic heterocycles. The summed E-state index contributed by atoms with van der Waals surface area (Å²) in [7, 11) is 1.37. The SMILES string of the molecule is COC(=O)c1ccc(CSC(C)C(=O)N2CCCCC2)cc1. The highest BCUT2D eigenvalue weighted by Gasteiger charge is 2.22. The highest BCUT2D eigenvalue weighted by molar-refractivity contribution is 7.99. The molecular weight excluding hydrogens is 298 g/mol. The molecule has 2 rings (SSSR count). The minimum absolute atomic E-state index is 0.0293. The van der Waals surface area contributed by atoms with Crippen LogP contribution in [0.5, 0.6) is 0 Å². The van der Waals surface area contributed by atoms with E-state index in [2.05, 4.69) is 4.74 Å². The largest absolute Gasteiger partial charge is 0.465 e. The molecule has 1 aromatic carbocycles. The van der Waals surface area contributed by atoms with Gasteiger partial charge in [0, 0.05) is 18.8 Å². The van der Waals surface area contributed by atoms with Crippen LogP contribution in [0.2, 0.25) is 0 Å². The number of hydrogen-bond acceptors (Lipinski definition) is 4. The van der Waals surface area contributed by atoms with Crippen molar-refractivity contribution in [3.05, 3.63) is 35.4 Å². The van der Waals surface area contributed by atoms with Crippen LogP contribution in [0.15, 0.2) is 24.3 Å². The molecule has 0 radical (unpaired) electrons. The van der Waals surface area contributed by atoms with Crippen molar-refractivity contribution in [3.63, 3.8) is 0 Å². The van der Waals surface area contributed by atoms with Gasteiger partial charge < -0.3 is 9.64 Å². The number of carbonyl (C=O) groups excluding carboxylic acids is 2. The Morgan fingerprint density at radius 2 is 1.82 bits per heavy atom. The topological polar surface area (TPSA) is 46.6 Å². The summed E-state index contributed by atoms with van der Waals surface area (Å²) in [5.41, 5.74) is 1.66. The maximum Gasteiger partial charge on any atom is 0.337 e. The van der Waals surface area contributed by atoms with E-state index in [4.69, 9.17) is 0 Å². The van der Waals surface area contributed by atoms with Crippen molar-refractivity contribution in [2.75, 3.05) is 20.2 Å². The Morgan fingerprint density at radius 1 is 1.18 bits per heavy atom. The van der Waals surface area contributed by atoms with Gasteiger partial charge in [-0.15, -0.1) is 11.8 Å². The van der Waals surface area contributed by atoms with Gasteiger partial charge in [0.05, 0.1) is 17.9 Å². The Kier molecular flexibility index (Phi) is 6.31. The molecule has 1 aliphatic rings. The van der Waals surface area contributed by atoms with E-state index in [0.29, 0.717) is 5.56 Å². The highest BCUT2D eigenvalue weighted by atomic mass is 32.2. The second kappa shape index (κ2) is 8.22. The van der Waals surface area contributed by atoms with E-state index >= 15 is 0 Å². The summed E-state index contributed by atoms with van der Waals surface area (Å²) >= 11 is 1.64. The van der Waals surface area contributed by atoms with Crippen molar-refractivity contribution in [2.45, 2.75) is 37.2 Å². The number of carbonyl (C=O) groups is 2. The number of amides is 1. The molecule has 1 amide bonds. The number of esters is 1. The summed E-state index contributed by atoms with van der Waals surface area (Å²) < 4.78 is 4.68. The Bertz CT molecular complexity index is 509. The number of benzene rings is 1. The quantitative estimate of drug-likeness (QED) is 0.782. The average Bonchev–Trinajstić information content (AvgIpc) is 2.59. The molecule has 4 nitrogen and oxygen atoms in total. The summed E-state index contributed by atoms with van der Waals surface area (Å²) in [5, 5.41) is -0.0293. The van der Waals surface area contributed by atoms with E-state index in [-0.39, 0.29) is 17.1 Å². The molecule has 1 aromatic rings. The Hall–Kier alpha value is -1.49. The zero-order chi connectivity index (χ0) is 15.9. The van der Waals surface area contributed by atoms with Crippen LogP contribution in [0.3, 0.4) is 0 Å². The molecule has 1 heterocycles. The van der Waals surface area contributed by atoms with Crippen LogP contribution in [0.1, 0.15) is 42.1 Å². The molecule has 0 saturated carbocycles. The van der Waals surface area contributed by atoms with Crippen LogP contribution in [0, 0.1) is 0 Å². The summed E-state index contributed by atoms with van der Waals surface area (Å²) in [6.45, 7) is 3.78. The van der Waals surface area contributed by atoms with Crippen LogP contribution < -0.4 is 0 Å². The van der Waals surface area contributed by atoms with Gasteiger partial charge in [0.1, 0.15) is 0 Å². The first-order valence-electron chi connectivity index (χ1n) is 7.69.